The Morgan fingerprint density at radius 3 is 2.50 bits per heavy atom. The Morgan fingerprint density at radius 2 is 1.80 bits per heavy atom. The van der Waals surface area contributed by atoms with Crippen LogP contribution in [-0.4, -0.2) is 32.7 Å². The van der Waals surface area contributed by atoms with Crippen LogP contribution in [-0.2, 0) is 4.79 Å². The third kappa shape index (κ3) is 4.32. The van der Waals surface area contributed by atoms with Crippen LogP contribution in [0.4, 0.5) is 5.69 Å². The summed E-state index contributed by atoms with van der Waals surface area (Å²) in [5.74, 6) is -0.549. The maximum Gasteiger partial charge on any atom is 0.248 e. The molecule has 0 aliphatic carbocycles. The van der Waals surface area contributed by atoms with Crippen molar-refractivity contribution in [1.82, 2.24) is 15.2 Å². The highest BCUT2D eigenvalue weighted by molar-refractivity contribution is 8.00. The van der Waals surface area contributed by atoms with E-state index in [1.165, 1.54) is 11.8 Å². The molecular formula is C21H17N5O2S2. The predicted molar refractivity (Wildman–Crippen MR) is 120 cm³/mol. The number of fused-ring (bicyclic) bond motifs is 1. The molecule has 4 aromatic rings. The number of aryl methyl sites for hydroxylation is 1. The van der Waals surface area contributed by atoms with Gasteiger partial charge in [0.05, 0.1) is 15.5 Å². The zero-order valence-electron chi connectivity index (χ0n) is 16.0. The first-order chi connectivity index (χ1) is 14.5. The highest BCUT2D eigenvalue weighted by Gasteiger charge is 2.17. The smallest absolute Gasteiger partial charge is 0.248 e. The van der Waals surface area contributed by atoms with Crippen molar-refractivity contribution in [1.29, 1.82) is 0 Å². The van der Waals surface area contributed by atoms with Crippen LogP contribution in [0.2, 0.25) is 0 Å². The van der Waals surface area contributed by atoms with Crippen molar-refractivity contribution in [3.05, 3.63) is 65.2 Å². The maximum absolute atomic E-state index is 12.3. The SMILES string of the molecule is Cc1nc2c(SCC(=O)Nc3ccc(C(N)=O)cc3)nnc(-c3ccccc3)c2s1. The molecule has 0 aliphatic heterocycles. The average molecular weight is 436 g/mol. The van der Waals surface area contributed by atoms with Crippen molar-refractivity contribution in [2.45, 2.75) is 11.9 Å². The quantitative estimate of drug-likeness (QED) is 0.445. The number of hydrogen-bond acceptors (Lipinski definition) is 7. The fraction of sp³-hybridized carbons (Fsp3) is 0.0952. The van der Waals surface area contributed by atoms with E-state index in [1.807, 2.05) is 37.3 Å². The standard InChI is InChI=1S/C21H17N5O2S2/c1-12-23-18-19(30-12)17(13-5-3-2-4-6-13)25-26-21(18)29-11-16(27)24-15-9-7-14(8-10-15)20(22)28/h2-10H,11H2,1H3,(H2,22,28)(H,24,27). The van der Waals surface area contributed by atoms with Gasteiger partial charge in [-0.2, -0.15) is 0 Å². The van der Waals surface area contributed by atoms with E-state index in [2.05, 4.69) is 20.5 Å². The maximum atomic E-state index is 12.3. The number of thiazole rings is 1. The molecule has 0 fully saturated rings. The van der Waals surface area contributed by atoms with E-state index < -0.39 is 5.91 Å². The summed E-state index contributed by atoms with van der Waals surface area (Å²) in [6, 6.07) is 16.3. The molecule has 0 saturated carbocycles. The number of hydrogen-bond donors (Lipinski definition) is 2. The number of carbonyl (C=O) groups is 2. The lowest BCUT2D eigenvalue weighted by Crippen LogP contribution is -2.15. The zero-order valence-corrected chi connectivity index (χ0v) is 17.6. The molecule has 0 unspecified atom stereocenters. The molecule has 0 radical (unpaired) electrons. The summed E-state index contributed by atoms with van der Waals surface area (Å²) in [5.41, 5.74) is 8.73. The number of aromatic nitrogens is 3. The van der Waals surface area contributed by atoms with Crippen molar-refractivity contribution in [3.63, 3.8) is 0 Å². The molecule has 0 atom stereocenters. The lowest BCUT2D eigenvalue weighted by atomic mass is 10.1. The molecule has 3 N–H and O–H groups in total. The van der Waals surface area contributed by atoms with Gasteiger partial charge < -0.3 is 11.1 Å². The summed E-state index contributed by atoms with van der Waals surface area (Å²) in [4.78, 5) is 28.1. The lowest BCUT2D eigenvalue weighted by Gasteiger charge is -2.07. The molecule has 2 aromatic carbocycles. The molecule has 7 nitrogen and oxygen atoms in total. The first-order valence-electron chi connectivity index (χ1n) is 9.03. The minimum atomic E-state index is -0.511. The van der Waals surface area contributed by atoms with Gasteiger partial charge in [-0.25, -0.2) is 4.98 Å². The van der Waals surface area contributed by atoms with E-state index in [4.69, 9.17) is 5.73 Å². The number of nitrogens with two attached hydrogens (primary N) is 1. The van der Waals surface area contributed by atoms with Gasteiger partial charge >= 0.3 is 0 Å². The van der Waals surface area contributed by atoms with E-state index >= 15 is 0 Å². The number of primary amides is 1. The Morgan fingerprint density at radius 1 is 1.07 bits per heavy atom. The minimum absolute atomic E-state index is 0.155. The van der Waals surface area contributed by atoms with E-state index in [1.54, 1.807) is 35.6 Å². The summed E-state index contributed by atoms with van der Waals surface area (Å²) in [6.07, 6.45) is 0. The zero-order chi connectivity index (χ0) is 21.1. The first kappa shape index (κ1) is 20.0. The summed E-state index contributed by atoms with van der Waals surface area (Å²) in [5, 5.41) is 13.1. The molecule has 0 bridgehead atoms. The minimum Gasteiger partial charge on any atom is -0.366 e. The Kier molecular flexibility index (Phi) is 5.73. The Bertz CT molecular complexity index is 1220. The second-order valence-electron chi connectivity index (χ2n) is 6.41. The summed E-state index contributed by atoms with van der Waals surface area (Å²) >= 11 is 2.85. The Labute approximate surface area is 180 Å². The fourth-order valence-corrected chi connectivity index (χ4v) is 4.57. The van der Waals surface area contributed by atoms with Crippen LogP contribution in [0.15, 0.2) is 59.6 Å². The van der Waals surface area contributed by atoms with Crippen LogP contribution in [0.5, 0.6) is 0 Å². The molecule has 2 amide bonds. The number of thioether (sulfide) groups is 1. The molecule has 2 aromatic heterocycles. The van der Waals surface area contributed by atoms with Crippen molar-refractivity contribution in [3.8, 4) is 11.3 Å². The van der Waals surface area contributed by atoms with E-state index in [9.17, 15) is 9.59 Å². The van der Waals surface area contributed by atoms with Gasteiger partial charge in [0.2, 0.25) is 11.8 Å². The van der Waals surface area contributed by atoms with Gasteiger partial charge in [-0.1, -0.05) is 42.1 Å². The molecular weight excluding hydrogens is 418 g/mol. The summed E-state index contributed by atoms with van der Waals surface area (Å²) in [6.45, 7) is 1.94. The van der Waals surface area contributed by atoms with Crippen LogP contribution in [0.25, 0.3) is 21.5 Å². The number of rotatable bonds is 6. The summed E-state index contributed by atoms with van der Waals surface area (Å²) in [7, 11) is 0. The van der Waals surface area contributed by atoms with Crippen LogP contribution in [0.3, 0.4) is 0 Å². The second-order valence-corrected chi connectivity index (χ2v) is 8.58. The number of carbonyl (C=O) groups excluding carboxylic acids is 2. The summed E-state index contributed by atoms with van der Waals surface area (Å²) < 4.78 is 0.957. The van der Waals surface area contributed by atoms with Crippen LogP contribution >= 0.6 is 23.1 Å². The Hall–Kier alpha value is -3.30. The fourth-order valence-electron chi connectivity index (χ4n) is 2.85. The van der Waals surface area contributed by atoms with Crippen LogP contribution < -0.4 is 11.1 Å². The van der Waals surface area contributed by atoms with Crippen molar-refractivity contribution in [2.75, 3.05) is 11.1 Å². The number of benzene rings is 2. The predicted octanol–water partition coefficient (Wildman–Crippen LogP) is 3.89. The van der Waals surface area contributed by atoms with E-state index in [-0.39, 0.29) is 11.7 Å². The van der Waals surface area contributed by atoms with Crippen molar-refractivity contribution in [2.24, 2.45) is 5.73 Å². The van der Waals surface area contributed by atoms with Gasteiger partial charge in [0, 0.05) is 16.8 Å². The monoisotopic (exact) mass is 435 g/mol. The second kappa shape index (κ2) is 8.60. The van der Waals surface area contributed by atoms with E-state index in [0.29, 0.717) is 16.3 Å². The van der Waals surface area contributed by atoms with Crippen molar-refractivity contribution >= 4 is 50.8 Å². The van der Waals surface area contributed by atoms with Gasteiger partial charge in [-0.3, -0.25) is 9.59 Å². The highest BCUT2D eigenvalue weighted by atomic mass is 32.2. The van der Waals surface area contributed by atoms with E-state index in [0.717, 1.165) is 26.5 Å². The molecule has 2 heterocycles. The van der Waals surface area contributed by atoms with Gasteiger partial charge in [0.15, 0.2) is 0 Å². The molecule has 0 spiro atoms. The third-order valence-electron chi connectivity index (χ3n) is 4.23. The molecule has 9 heteroatoms. The molecule has 30 heavy (non-hydrogen) atoms. The first-order valence-corrected chi connectivity index (χ1v) is 10.8. The van der Waals surface area contributed by atoms with Crippen LogP contribution in [0.1, 0.15) is 15.4 Å². The molecule has 0 aliphatic rings. The van der Waals surface area contributed by atoms with Crippen LogP contribution in [0, 0.1) is 6.92 Å². The van der Waals surface area contributed by atoms with Gasteiger partial charge in [0.1, 0.15) is 16.2 Å². The number of amides is 2. The lowest BCUT2D eigenvalue weighted by molar-refractivity contribution is -0.113. The number of anilines is 1. The Balaban J connectivity index is 1.50. The number of nitrogens with one attached hydrogen (secondary N) is 1. The average Bonchev–Trinajstić information content (AvgIpc) is 3.14. The van der Waals surface area contributed by atoms with Gasteiger partial charge in [0.25, 0.3) is 0 Å². The molecule has 0 saturated heterocycles. The number of nitrogens with zero attached hydrogens (tertiary/aromatic N) is 3. The van der Waals surface area contributed by atoms with Gasteiger partial charge in [-0.15, -0.1) is 21.5 Å². The highest BCUT2D eigenvalue weighted by Crippen LogP contribution is 2.35. The largest absolute Gasteiger partial charge is 0.366 e. The molecule has 150 valence electrons. The van der Waals surface area contributed by atoms with Crippen molar-refractivity contribution < 1.29 is 9.59 Å². The van der Waals surface area contributed by atoms with Gasteiger partial charge in [-0.05, 0) is 31.2 Å². The topological polar surface area (TPSA) is 111 Å². The molecule has 4 rings (SSSR count). The normalized spacial score (nSPS) is 10.8. The third-order valence-corrected chi connectivity index (χ3v) is 6.17.